The highest BCUT2D eigenvalue weighted by molar-refractivity contribution is 14.0. The van der Waals surface area contributed by atoms with Crippen molar-refractivity contribution >= 4 is 35.8 Å². The number of benzene rings is 1. The number of nitrogens with zero attached hydrogens (tertiary/aromatic N) is 2. The zero-order valence-electron chi connectivity index (χ0n) is 16.9. The fourth-order valence-electron chi connectivity index (χ4n) is 2.42. The third kappa shape index (κ3) is 11.1. The molecule has 0 aromatic heterocycles. The number of hydrogen-bond acceptors (Lipinski definition) is 4. The van der Waals surface area contributed by atoms with Crippen molar-refractivity contribution in [1.82, 2.24) is 20.9 Å². The summed E-state index contributed by atoms with van der Waals surface area (Å²) in [5.41, 5.74) is 1.65. The zero-order chi connectivity index (χ0) is 19.2. The van der Waals surface area contributed by atoms with Crippen LogP contribution in [0.5, 0.6) is 0 Å². The summed E-state index contributed by atoms with van der Waals surface area (Å²) in [6.45, 7) is 6.90. The number of aliphatic imine (C=N–C) groups is 1. The van der Waals surface area contributed by atoms with Crippen LogP contribution in [0, 0.1) is 0 Å². The second-order valence-corrected chi connectivity index (χ2v) is 6.05. The van der Waals surface area contributed by atoms with Crippen molar-refractivity contribution < 1.29 is 9.53 Å². The average molecular weight is 491 g/mol. The summed E-state index contributed by atoms with van der Waals surface area (Å²) in [6.07, 6.45) is 1.03. The number of likely N-dealkylation sites (N-methyl/N-ethyl adjacent to an activating group) is 1. The van der Waals surface area contributed by atoms with Crippen molar-refractivity contribution in [3.63, 3.8) is 0 Å². The van der Waals surface area contributed by atoms with E-state index in [4.69, 9.17) is 4.74 Å². The van der Waals surface area contributed by atoms with Crippen LogP contribution in [0.2, 0.25) is 0 Å². The summed E-state index contributed by atoms with van der Waals surface area (Å²) in [6, 6.07) is 7.53. The molecule has 7 nitrogen and oxygen atoms in total. The van der Waals surface area contributed by atoms with Gasteiger partial charge < -0.3 is 25.6 Å². The number of nitrogens with one attached hydrogen (secondary N) is 3. The van der Waals surface area contributed by atoms with Crippen molar-refractivity contribution in [2.45, 2.75) is 19.9 Å². The molecule has 1 aromatic carbocycles. The Morgan fingerprint density at radius 1 is 1.26 bits per heavy atom. The van der Waals surface area contributed by atoms with Crippen LogP contribution in [0.15, 0.2) is 29.3 Å². The van der Waals surface area contributed by atoms with Gasteiger partial charge in [-0.3, -0.25) is 4.79 Å². The van der Waals surface area contributed by atoms with Gasteiger partial charge in [-0.2, -0.15) is 0 Å². The summed E-state index contributed by atoms with van der Waals surface area (Å²) in [5.74, 6) is 0.695. The van der Waals surface area contributed by atoms with Gasteiger partial charge >= 0.3 is 0 Å². The average Bonchev–Trinajstić information content (AvgIpc) is 2.66. The molecule has 1 rings (SSSR count). The van der Waals surface area contributed by atoms with E-state index in [9.17, 15) is 4.79 Å². The summed E-state index contributed by atoms with van der Waals surface area (Å²) >= 11 is 0. The number of methoxy groups -OCH3 is 1. The molecule has 27 heavy (non-hydrogen) atoms. The number of carbonyl (C=O) groups is 1. The Kier molecular flexibility index (Phi) is 14.8. The molecule has 154 valence electrons. The van der Waals surface area contributed by atoms with E-state index < -0.39 is 0 Å². The van der Waals surface area contributed by atoms with Crippen molar-refractivity contribution in [2.75, 3.05) is 54.0 Å². The predicted octanol–water partition coefficient (Wildman–Crippen LogP) is 1.69. The maximum absolute atomic E-state index is 11.7. The number of carbonyl (C=O) groups excluding carboxylic acids is 1. The van der Waals surface area contributed by atoms with E-state index in [2.05, 4.69) is 32.9 Å². The summed E-state index contributed by atoms with van der Waals surface area (Å²) in [7, 11) is 5.46. The van der Waals surface area contributed by atoms with Crippen molar-refractivity contribution in [2.24, 2.45) is 4.99 Å². The number of rotatable bonds is 11. The molecule has 0 saturated heterocycles. The minimum Gasteiger partial charge on any atom is -0.385 e. The summed E-state index contributed by atoms with van der Waals surface area (Å²) < 4.78 is 5.07. The molecular formula is C19H34IN5O2. The Morgan fingerprint density at radius 3 is 2.70 bits per heavy atom. The molecular weight excluding hydrogens is 457 g/mol. The molecule has 0 heterocycles. The third-order valence-corrected chi connectivity index (χ3v) is 3.85. The lowest BCUT2D eigenvalue weighted by Gasteiger charge is -2.18. The number of halogens is 1. The first kappa shape index (κ1) is 25.6. The standard InChI is InChI=1S/C19H33N5O2.HI/c1-5-21-19(22-10-12-24(3)11-7-13-26-4)23-15-16-8-6-9-17(14-16)18(25)20-2;/h6,8-9,14H,5,7,10-13,15H2,1-4H3,(H,20,25)(H2,21,22,23);1H. The van der Waals surface area contributed by atoms with E-state index in [0.29, 0.717) is 12.1 Å². The van der Waals surface area contributed by atoms with Gasteiger partial charge in [0.15, 0.2) is 5.96 Å². The number of ether oxygens (including phenoxy) is 1. The van der Waals surface area contributed by atoms with Crippen LogP contribution in [-0.2, 0) is 11.3 Å². The lowest BCUT2D eigenvalue weighted by atomic mass is 10.1. The second-order valence-electron chi connectivity index (χ2n) is 6.05. The van der Waals surface area contributed by atoms with Crippen LogP contribution in [0.25, 0.3) is 0 Å². The molecule has 0 unspecified atom stereocenters. The minimum atomic E-state index is -0.0858. The van der Waals surface area contributed by atoms with Crippen LogP contribution >= 0.6 is 24.0 Å². The van der Waals surface area contributed by atoms with Gasteiger partial charge in [0, 0.05) is 52.5 Å². The van der Waals surface area contributed by atoms with Crippen LogP contribution in [0.1, 0.15) is 29.3 Å². The molecule has 8 heteroatoms. The number of guanidine groups is 1. The molecule has 0 aliphatic rings. The van der Waals surface area contributed by atoms with E-state index in [-0.39, 0.29) is 29.9 Å². The molecule has 1 amide bonds. The minimum absolute atomic E-state index is 0. The van der Waals surface area contributed by atoms with E-state index >= 15 is 0 Å². The van der Waals surface area contributed by atoms with Crippen LogP contribution in [0.4, 0.5) is 0 Å². The number of hydrogen-bond donors (Lipinski definition) is 3. The molecule has 0 saturated carbocycles. The van der Waals surface area contributed by atoms with Crippen molar-refractivity contribution in [1.29, 1.82) is 0 Å². The van der Waals surface area contributed by atoms with Crippen molar-refractivity contribution in [3.05, 3.63) is 35.4 Å². The Morgan fingerprint density at radius 2 is 2.04 bits per heavy atom. The Hall–Kier alpha value is -1.39. The van der Waals surface area contributed by atoms with Gasteiger partial charge in [-0.1, -0.05) is 12.1 Å². The number of amides is 1. The summed E-state index contributed by atoms with van der Waals surface area (Å²) in [5, 5.41) is 9.23. The molecule has 0 bridgehead atoms. The van der Waals surface area contributed by atoms with Crippen LogP contribution in [-0.4, -0.2) is 70.8 Å². The van der Waals surface area contributed by atoms with Gasteiger partial charge in [0.2, 0.25) is 0 Å². The highest BCUT2D eigenvalue weighted by Crippen LogP contribution is 2.06. The predicted molar refractivity (Wildman–Crippen MR) is 122 cm³/mol. The maximum atomic E-state index is 11.7. The molecule has 0 aliphatic carbocycles. The monoisotopic (exact) mass is 491 g/mol. The first-order chi connectivity index (χ1) is 12.6. The topological polar surface area (TPSA) is 78.0 Å². The maximum Gasteiger partial charge on any atom is 0.251 e. The smallest absolute Gasteiger partial charge is 0.251 e. The third-order valence-electron chi connectivity index (χ3n) is 3.85. The van der Waals surface area contributed by atoms with Crippen LogP contribution in [0.3, 0.4) is 0 Å². The van der Waals surface area contributed by atoms with Gasteiger partial charge in [-0.05, 0) is 38.1 Å². The zero-order valence-corrected chi connectivity index (χ0v) is 19.2. The lowest BCUT2D eigenvalue weighted by Crippen LogP contribution is -2.41. The summed E-state index contributed by atoms with van der Waals surface area (Å²) in [4.78, 5) is 18.6. The molecule has 0 aliphatic heterocycles. The highest BCUT2D eigenvalue weighted by atomic mass is 127. The van der Waals surface area contributed by atoms with Gasteiger partial charge in [0.1, 0.15) is 0 Å². The Labute approximate surface area is 180 Å². The van der Waals surface area contributed by atoms with Gasteiger partial charge in [0.25, 0.3) is 5.91 Å². The van der Waals surface area contributed by atoms with E-state index in [1.807, 2.05) is 25.1 Å². The van der Waals surface area contributed by atoms with Gasteiger partial charge in [-0.15, -0.1) is 24.0 Å². The Balaban J connectivity index is 0.00000676. The second kappa shape index (κ2) is 15.6. The largest absolute Gasteiger partial charge is 0.385 e. The van der Waals surface area contributed by atoms with Crippen molar-refractivity contribution in [3.8, 4) is 0 Å². The van der Waals surface area contributed by atoms with E-state index in [0.717, 1.165) is 50.7 Å². The van der Waals surface area contributed by atoms with Crippen LogP contribution < -0.4 is 16.0 Å². The van der Waals surface area contributed by atoms with E-state index in [1.54, 1.807) is 20.2 Å². The molecule has 3 N–H and O–H groups in total. The molecule has 0 spiro atoms. The fourth-order valence-corrected chi connectivity index (χ4v) is 2.42. The SMILES string of the molecule is CCNC(=NCc1cccc(C(=O)NC)c1)NCCN(C)CCCOC.I. The first-order valence-electron chi connectivity index (χ1n) is 9.11. The molecule has 0 fully saturated rings. The van der Waals surface area contributed by atoms with Gasteiger partial charge in [-0.25, -0.2) is 4.99 Å². The molecule has 0 atom stereocenters. The molecule has 1 aromatic rings. The quantitative estimate of drug-likeness (QED) is 0.190. The van der Waals surface area contributed by atoms with Gasteiger partial charge in [0.05, 0.1) is 6.54 Å². The normalized spacial score (nSPS) is 11.1. The fraction of sp³-hybridized carbons (Fsp3) is 0.579. The molecule has 0 radical (unpaired) electrons. The first-order valence-corrected chi connectivity index (χ1v) is 9.11. The Bertz CT molecular complexity index is 569. The van der Waals surface area contributed by atoms with E-state index in [1.165, 1.54) is 0 Å². The lowest BCUT2D eigenvalue weighted by molar-refractivity contribution is 0.0963. The highest BCUT2D eigenvalue weighted by Gasteiger charge is 2.04.